The SMILES string of the molecule is CCN(CC)c1nc(NN)nc(NC(C)(CC)CC)n1. The summed E-state index contributed by atoms with van der Waals surface area (Å²) in [6.45, 7) is 12.3. The Balaban J connectivity index is 3.10. The third kappa shape index (κ3) is 3.93. The molecule has 1 rings (SSSR count). The van der Waals surface area contributed by atoms with Crippen LogP contribution in [-0.2, 0) is 0 Å². The zero-order valence-corrected chi connectivity index (χ0v) is 13.2. The lowest BCUT2D eigenvalue weighted by Crippen LogP contribution is -2.34. The van der Waals surface area contributed by atoms with Gasteiger partial charge in [-0.3, -0.25) is 5.43 Å². The number of hydrogen-bond donors (Lipinski definition) is 3. The molecule has 20 heavy (non-hydrogen) atoms. The Morgan fingerprint density at radius 3 is 2.00 bits per heavy atom. The van der Waals surface area contributed by atoms with Crippen molar-refractivity contribution in [2.45, 2.75) is 53.0 Å². The number of hydrazine groups is 1. The molecular formula is C13H27N7. The number of rotatable bonds is 8. The first-order valence-corrected chi connectivity index (χ1v) is 7.27. The molecule has 1 aromatic rings. The van der Waals surface area contributed by atoms with Gasteiger partial charge in [0.1, 0.15) is 0 Å². The molecule has 0 fully saturated rings. The third-order valence-corrected chi connectivity index (χ3v) is 3.77. The van der Waals surface area contributed by atoms with Gasteiger partial charge in [-0.1, -0.05) is 13.8 Å². The van der Waals surface area contributed by atoms with Gasteiger partial charge in [0, 0.05) is 18.6 Å². The van der Waals surface area contributed by atoms with Crippen LogP contribution in [0.2, 0.25) is 0 Å². The lowest BCUT2D eigenvalue weighted by molar-refractivity contribution is 0.474. The van der Waals surface area contributed by atoms with Crippen molar-refractivity contribution in [3.8, 4) is 0 Å². The van der Waals surface area contributed by atoms with E-state index in [0.717, 1.165) is 25.9 Å². The molecule has 0 amide bonds. The fourth-order valence-corrected chi connectivity index (χ4v) is 1.83. The lowest BCUT2D eigenvalue weighted by Gasteiger charge is -2.29. The van der Waals surface area contributed by atoms with Crippen molar-refractivity contribution < 1.29 is 0 Å². The first-order chi connectivity index (χ1) is 9.51. The van der Waals surface area contributed by atoms with Crippen molar-refractivity contribution in [2.24, 2.45) is 5.84 Å². The Bertz CT molecular complexity index is 413. The van der Waals surface area contributed by atoms with Gasteiger partial charge in [0.15, 0.2) is 0 Å². The number of nitrogens with two attached hydrogens (primary N) is 1. The van der Waals surface area contributed by atoms with Crippen LogP contribution < -0.4 is 21.5 Å². The Kier molecular flexibility index (Phi) is 5.94. The summed E-state index contributed by atoms with van der Waals surface area (Å²) in [5, 5.41) is 3.39. The molecule has 0 saturated carbocycles. The van der Waals surface area contributed by atoms with Crippen molar-refractivity contribution in [1.29, 1.82) is 0 Å². The van der Waals surface area contributed by atoms with E-state index in [-0.39, 0.29) is 5.54 Å². The van der Waals surface area contributed by atoms with Gasteiger partial charge in [0.25, 0.3) is 0 Å². The average Bonchev–Trinajstić information content (AvgIpc) is 2.48. The van der Waals surface area contributed by atoms with Crippen molar-refractivity contribution in [1.82, 2.24) is 15.0 Å². The largest absolute Gasteiger partial charge is 0.349 e. The molecule has 0 bridgehead atoms. The van der Waals surface area contributed by atoms with Gasteiger partial charge in [0.2, 0.25) is 17.8 Å². The molecule has 0 aliphatic rings. The van der Waals surface area contributed by atoms with Crippen molar-refractivity contribution in [2.75, 3.05) is 28.7 Å². The van der Waals surface area contributed by atoms with Crippen LogP contribution >= 0.6 is 0 Å². The summed E-state index contributed by atoms with van der Waals surface area (Å²) in [7, 11) is 0. The number of hydrogen-bond acceptors (Lipinski definition) is 7. The molecule has 0 unspecified atom stereocenters. The number of nitrogens with zero attached hydrogens (tertiary/aromatic N) is 4. The van der Waals surface area contributed by atoms with Crippen molar-refractivity contribution >= 4 is 17.8 Å². The highest BCUT2D eigenvalue weighted by Crippen LogP contribution is 2.21. The van der Waals surface area contributed by atoms with Crippen molar-refractivity contribution in [3.63, 3.8) is 0 Å². The first kappa shape index (κ1) is 16.4. The van der Waals surface area contributed by atoms with E-state index in [0.29, 0.717) is 17.8 Å². The minimum atomic E-state index is -0.0340. The average molecular weight is 281 g/mol. The zero-order chi connectivity index (χ0) is 15.2. The maximum atomic E-state index is 5.45. The predicted molar refractivity (Wildman–Crippen MR) is 83.8 cm³/mol. The van der Waals surface area contributed by atoms with Crippen LogP contribution in [0.3, 0.4) is 0 Å². The minimum absolute atomic E-state index is 0.0340. The molecule has 114 valence electrons. The standard InChI is InChI=1S/C13H27N7/c1-6-13(5,7-2)18-10-15-11(19-14)17-12(16-10)20(8-3)9-4/h6-9,14H2,1-5H3,(H2,15,16,17,18,19). The predicted octanol–water partition coefficient (Wildman–Crippen LogP) is 1.99. The maximum absolute atomic E-state index is 5.45. The zero-order valence-electron chi connectivity index (χ0n) is 13.2. The molecule has 4 N–H and O–H groups in total. The summed E-state index contributed by atoms with van der Waals surface area (Å²) < 4.78 is 0. The molecule has 0 aliphatic heterocycles. The maximum Gasteiger partial charge on any atom is 0.243 e. The summed E-state index contributed by atoms with van der Waals surface area (Å²) in [4.78, 5) is 15.2. The Hall–Kier alpha value is -1.63. The van der Waals surface area contributed by atoms with Crippen LogP contribution in [0.5, 0.6) is 0 Å². The monoisotopic (exact) mass is 281 g/mol. The van der Waals surface area contributed by atoms with Crippen molar-refractivity contribution in [3.05, 3.63) is 0 Å². The second-order valence-corrected chi connectivity index (χ2v) is 4.99. The van der Waals surface area contributed by atoms with Crippen LogP contribution in [0.1, 0.15) is 47.5 Å². The van der Waals surface area contributed by atoms with E-state index in [1.165, 1.54) is 0 Å². The van der Waals surface area contributed by atoms with Crippen LogP contribution in [-0.4, -0.2) is 33.6 Å². The molecule has 0 aliphatic carbocycles. The quantitative estimate of drug-likeness (QED) is 0.495. The van der Waals surface area contributed by atoms with Gasteiger partial charge < -0.3 is 10.2 Å². The van der Waals surface area contributed by atoms with E-state index in [4.69, 9.17) is 5.84 Å². The van der Waals surface area contributed by atoms with Crippen LogP contribution in [0.15, 0.2) is 0 Å². The number of nitrogen functional groups attached to an aromatic ring is 1. The highest BCUT2D eigenvalue weighted by Gasteiger charge is 2.21. The van der Waals surface area contributed by atoms with Gasteiger partial charge in [0.05, 0.1) is 0 Å². The van der Waals surface area contributed by atoms with Crippen LogP contribution in [0, 0.1) is 0 Å². The summed E-state index contributed by atoms with van der Waals surface area (Å²) >= 11 is 0. The molecule has 7 heteroatoms. The first-order valence-electron chi connectivity index (χ1n) is 7.27. The summed E-state index contributed by atoms with van der Waals surface area (Å²) in [5.41, 5.74) is 2.47. The Labute approximate surface area is 121 Å². The lowest BCUT2D eigenvalue weighted by atomic mass is 9.96. The van der Waals surface area contributed by atoms with Crippen LogP contribution in [0.4, 0.5) is 17.8 Å². The number of anilines is 3. The Morgan fingerprint density at radius 2 is 1.55 bits per heavy atom. The molecule has 0 aromatic carbocycles. The molecule has 7 nitrogen and oxygen atoms in total. The number of aromatic nitrogens is 3. The molecule has 0 saturated heterocycles. The van der Waals surface area contributed by atoms with Gasteiger partial charge in [-0.2, -0.15) is 15.0 Å². The van der Waals surface area contributed by atoms with Gasteiger partial charge in [-0.05, 0) is 33.6 Å². The van der Waals surface area contributed by atoms with E-state index in [1.807, 2.05) is 0 Å². The summed E-state index contributed by atoms with van der Waals surface area (Å²) in [6.07, 6.45) is 1.97. The number of nitrogens with one attached hydrogen (secondary N) is 2. The van der Waals surface area contributed by atoms with E-state index in [9.17, 15) is 0 Å². The Morgan fingerprint density at radius 1 is 1.00 bits per heavy atom. The van der Waals surface area contributed by atoms with Gasteiger partial charge in [-0.25, -0.2) is 5.84 Å². The van der Waals surface area contributed by atoms with Gasteiger partial charge in [-0.15, -0.1) is 0 Å². The smallest absolute Gasteiger partial charge is 0.243 e. The highest BCUT2D eigenvalue weighted by atomic mass is 15.4. The van der Waals surface area contributed by atoms with E-state index < -0.39 is 0 Å². The normalized spacial score (nSPS) is 11.3. The fraction of sp³-hybridized carbons (Fsp3) is 0.769. The van der Waals surface area contributed by atoms with E-state index >= 15 is 0 Å². The van der Waals surface area contributed by atoms with Crippen LogP contribution in [0.25, 0.3) is 0 Å². The third-order valence-electron chi connectivity index (χ3n) is 3.77. The van der Waals surface area contributed by atoms with E-state index in [1.54, 1.807) is 0 Å². The second kappa shape index (κ2) is 7.23. The molecule has 1 heterocycles. The minimum Gasteiger partial charge on any atom is -0.349 e. The molecule has 0 spiro atoms. The molecule has 1 aromatic heterocycles. The van der Waals surface area contributed by atoms with E-state index in [2.05, 4.69) is 65.2 Å². The molecular weight excluding hydrogens is 254 g/mol. The summed E-state index contributed by atoms with van der Waals surface area (Å²) in [6, 6.07) is 0. The second-order valence-electron chi connectivity index (χ2n) is 4.99. The highest BCUT2D eigenvalue weighted by molar-refractivity contribution is 5.44. The molecule has 0 atom stereocenters. The fourth-order valence-electron chi connectivity index (χ4n) is 1.83. The molecule has 0 radical (unpaired) electrons. The topological polar surface area (TPSA) is 92.0 Å². The summed E-state index contributed by atoms with van der Waals surface area (Å²) in [5.74, 6) is 7.02. The van der Waals surface area contributed by atoms with Gasteiger partial charge >= 0.3 is 0 Å².